The molecule has 3 rings (SSSR count). The van der Waals surface area contributed by atoms with Gasteiger partial charge in [-0.25, -0.2) is 0 Å². The first-order valence-electron chi connectivity index (χ1n) is 7.09. The molecule has 0 saturated heterocycles. The molecule has 2 aromatic rings. The molecule has 0 unspecified atom stereocenters. The van der Waals surface area contributed by atoms with Gasteiger partial charge in [0.25, 0.3) is 0 Å². The highest BCUT2D eigenvalue weighted by Gasteiger charge is 2.15. The van der Waals surface area contributed by atoms with Gasteiger partial charge in [0.1, 0.15) is 5.75 Å². The summed E-state index contributed by atoms with van der Waals surface area (Å²) in [5, 5.41) is 9.93. The van der Waals surface area contributed by atoms with Crippen LogP contribution in [0, 0.1) is 0 Å². The molecule has 2 aromatic carbocycles. The SMILES string of the molecule is Nc1ccc(O)c(CN2CCc3ccccc3CC2)c1. The molecule has 1 aliphatic rings. The Bertz CT molecular complexity index is 583. The third-order valence-electron chi connectivity index (χ3n) is 4.01. The summed E-state index contributed by atoms with van der Waals surface area (Å²) >= 11 is 0. The molecule has 20 heavy (non-hydrogen) atoms. The second-order valence-corrected chi connectivity index (χ2v) is 5.43. The van der Waals surface area contributed by atoms with Crippen LogP contribution in [-0.2, 0) is 19.4 Å². The van der Waals surface area contributed by atoms with Crippen molar-refractivity contribution in [3.8, 4) is 5.75 Å². The quantitative estimate of drug-likeness (QED) is 0.650. The minimum absolute atomic E-state index is 0.334. The van der Waals surface area contributed by atoms with Crippen molar-refractivity contribution in [1.82, 2.24) is 4.90 Å². The van der Waals surface area contributed by atoms with Crippen LogP contribution in [0.4, 0.5) is 5.69 Å². The lowest BCUT2D eigenvalue weighted by molar-refractivity contribution is 0.275. The normalized spacial score (nSPS) is 15.6. The van der Waals surface area contributed by atoms with E-state index < -0.39 is 0 Å². The molecule has 1 heterocycles. The Kier molecular flexibility index (Phi) is 3.61. The Morgan fingerprint density at radius 1 is 1.00 bits per heavy atom. The maximum Gasteiger partial charge on any atom is 0.120 e. The van der Waals surface area contributed by atoms with Crippen molar-refractivity contribution < 1.29 is 5.11 Å². The lowest BCUT2D eigenvalue weighted by atomic mass is 10.0. The van der Waals surface area contributed by atoms with Crippen LogP contribution >= 0.6 is 0 Å². The van der Waals surface area contributed by atoms with Crippen LogP contribution in [0.1, 0.15) is 16.7 Å². The second-order valence-electron chi connectivity index (χ2n) is 5.43. The molecule has 0 aliphatic carbocycles. The van der Waals surface area contributed by atoms with Crippen LogP contribution in [-0.4, -0.2) is 23.1 Å². The molecule has 3 nitrogen and oxygen atoms in total. The third kappa shape index (κ3) is 2.78. The average molecular weight is 268 g/mol. The van der Waals surface area contributed by atoms with Gasteiger partial charge in [0, 0.05) is 30.9 Å². The van der Waals surface area contributed by atoms with E-state index in [4.69, 9.17) is 5.73 Å². The largest absolute Gasteiger partial charge is 0.508 e. The molecular weight excluding hydrogens is 248 g/mol. The highest BCUT2D eigenvalue weighted by molar-refractivity contribution is 5.47. The van der Waals surface area contributed by atoms with Gasteiger partial charge in [0.05, 0.1) is 0 Å². The molecule has 3 heteroatoms. The fourth-order valence-corrected chi connectivity index (χ4v) is 2.85. The number of aromatic hydroxyl groups is 1. The Labute approximate surface area is 119 Å². The number of rotatable bonds is 2. The molecule has 1 aliphatic heterocycles. The molecule has 0 aromatic heterocycles. The Morgan fingerprint density at radius 3 is 2.30 bits per heavy atom. The fourth-order valence-electron chi connectivity index (χ4n) is 2.85. The van der Waals surface area contributed by atoms with Crippen molar-refractivity contribution >= 4 is 5.69 Å². The van der Waals surface area contributed by atoms with Crippen molar-refractivity contribution in [2.45, 2.75) is 19.4 Å². The lowest BCUT2D eigenvalue weighted by Gasteiger charge is -2.20. The summed E-state index contributed by atoms with van der Waals surface area (Å²) in [6, 6.07) is 13.9. The Morgan fingerprint density at radius 2 is 1.65 bits per heavy atom. The van der Waals surface area contributed by atoms with Crippen molar-refractivity contribution in [3.05, 3.63) is 59.2 Å². The van der Waals surface area contributed by atoms with Gasteiger partial charge in [-0.1, -0.05) is 24.3 Å². The Balaban J connectivity index is 1.73. The number of hydrogen-bond acceptors (Lipinski definition) is 3. The molecule has 0 spiro atoms. The molecule has 0 bridgehead atoms. The first-order valence-corrected chi connectivity index (χ1v) is 7.09. The van der Waals surface area contributed by atoms with Crippen LogP contribution < -0.4 is 5.73 Å². The van der Waals surface area contributed by atoms with E-state index in [-0.39, 0.29) is 0 Å². The third-order valence-corrected chi connectivity index (χ3v) is 4.01. The number of nitrogens with zero attached hydrogens (tertiary/aromatic N) is 1. The zero-order valence-corrected chi connectivity index (χ0v) is 11.5. The van der Waals surface area contributed by atoms with Crippen LogP contribution in [0.25, 0.3) is 0 Å². The van der Waals surface area contributed by atoms with Gasteiger partial charge in [0.2, 0.25) is 0 Å². The van der Waals surface area contributed by atoms with Crippen LogP contribution in [0.2, 0.25) is 0 Å². The summed E-state index contributed by atoms with van der Waals surface area (Å²) in [7, 11) is 0. The van der Waals surface area contributed by atoms with E-state index in [0.29, 0.717) is 11.4 Å². The summed E-state index contributed by atoms with van der Waals surface area (Å²) in [4.78, 5) is 2.38. The van der Waals surface area contributed by atoms with Crippen molar-refractivity contribution in [2.75, 3.05) is 18.8 Å². The number of fused-ring (bicyclic) bond motifs is 1. The van der Waals surface area contributed by atoms with Crippen LogP contribution in [0.3, 0.4) is 0 Å². The first kappa shape index (κ1) is 13.0. The maximum absolute atomic E-state index is 9.93. The monoisotopic (exact) mass is 268 g/mol. The summed E-state index contributed by atoms with van der Waals surface area (Å²) in [5.74, 6) is 0.334. The van der Waals surface area contributed by atoms with E-state index in [9.17, 15) is 5.11 Å². The first-order chi connectivity index (χ1) is 9.72. The summed E-state index contributed by atoms with van der Waals surface area (Å²) in [5.41, 5.74) is 10.3. The van der Waals surface area contributed by atoms with Gasteiger partial charge in [-0.15, -0.1) is 0 Å². The van der Waals surface area contributed by atoms with Crippen molar-refractivity contribution in [1.29, 1.82) is 0 Å². The fraction of sp³-hybridized carbons (Fsp3) is 0.294. The van der Waals surface area contributed by atoms with E-state index in [1.54, 1.807) is 12.1 Å². The molecule has 0 saturated carbocycles. The number of phenols is 1. The van der Waals surface area contributed by atoms with Crippen LogP contribution in [0.5, 0.6) is 5.75 Å². The number of nitrogen functional groups attached to an aromatic ring is 1. The molecule has 0 atom stereocenters. The van der Waals surface area contributed by atoms with E-state index in [0.717, 1.165) is 38.0 Å². The molecule has 0 amide bonds. The lowest BCUT2D eigenvalue weighted by Crippen LogP contribution is -2.26. The smallest absolute Gasteiger partial charge is 0.120 e. The Hall–Kier alpha value is -2.00. The average Bonchev–Trinajstić information content (AvgIpc) is 2.66. The standard InChI is InChI=1S/C17H20N2O/c18-16-5-6-17(20)15(11-16)12-19-9-7-13-3-1-2-4-14(13)8-10-19/h1-6,11,20H,7-10,12,18H2. The van der Waals surface area contributed by atoms with Gasteiger partial charge in [-0.2, -0.15) is 0 Å². The summed E-state index contributed by atoms with van der Waals surface area (Å²) < 4.78 is 0. The number of phenolic OH excluding ortho intramolecular Hbond substituents is 1. The highest BCUT2D eigenvalue weighted by Crippen LogP contribution is 2.23. The van der Waals surface area contributed by atoms with Crippen molar-refractivity contribution in [3.63, 3.8) is 0 Å². The molecular formula is C17H20N2O. The van der Waals surface area contributed by atoms with Crippen LogP contribution in [0.15, 0.2) is 42.5 Å². The molecule has 3 N–H and O–H groups in total. The second kappa shape index (κ2) is 5.55. The van der Waals surface area contributed by atoms with Gasteiger partial charge >= 0.3 is 0 Å². The van der Waals surface area contributed by atoms with Gasteiger partial charge in [-0.05, 0) is 42.2 Å². The number of anilines is 1. The predicted octanol–water partition coefficient (Wildman–Crippen LogP) is 2.58. The molecule has 0 radical (unpaired) electrons. The number of nitrogens with two attached hydrogens (primary N) is 1. The van der Waals surface area contributed by atoms with E-state index >= 15 is 0 Å². The highest BCUT2D eigenvalue weighted by atomic mass is 16.3. The maximum atomic E-state index is 9.93. The van der Waals surface area contributed by atoms with Gasteiger partial charge in [-0.3, -0.25) is 4.90 Å². The van der Waals surface area contributed by atoms with E-state index in [2.05, 4.69) is 29.2 Å². The number of benzene rings is 2. The van der Waals surface area contributed by atoms with Crippen molar-refractivity contribution in [2.24, 2.45) is 0 Å². The minimum atomic E-state index is 0.334. The van der Waals surface area contributed by atoms with E-state index in [1.165, 1.54) is 11.1 Å². The van der Waals surface area contributed by atoms with Gasteiger partial charge in [0.15, 0.2) is 0 Å². The minimum Gasteiger partial charge on any atom is -0.508 e. The summed E-state index contributed by atoms with van der Waals surface area (Å²) in [6.45, 7) is 2.79. The zero-order valence-electron chi connectivity index (χ0n) is 11.5. The number of hydrogen-bond donors (Lipinski definition) is 2. The molecule has 0 fully saturated rings. The topological polar surface area (TPSA) is 49.5 Å². The zero-order chi connectivity index (χ0) is 13.9. The predicted molar refractivity (Wildman–Crippen MR) is 81.6 cm³/mol. The summed E-state index contributed by atoms with van der Waals surface area (Å²) in [6.07, 6.45) is 2.14. The molecule has 104 valence electrons. The van der Waals surface area contributed by atoms with Gasteiger partial charge < -0.3 is 10.8 Å². The van der Waals surface area contributed by atoms with E-state index in [1.807, 2.05) is 6.07 Å².